The van der Waals surface area contributed by atoms with Crippen molar-refractivity contribution >= 4 is 15.9 Å². The van der Waals surface area contributed by atoms with Crippen LogP contribution in [0.3, 0.4) is 0 Å². The van der Waals surface area contributed by atoms with Crippen LogP contribution in [-0.2, 0) is 6.54 Å². The van der Waals surface area contributed by atoms with Crippen molar-refractivity contribution in [2.75, 3.05) is 0 Å². The van der Waals surface area contributed by atoms with Gasteiger partial charge in [0.25, 0.3) is 0 Å². The molecule has 2 atom stereocenters. The summed E-state index contributed by atoms with van der Waals surface area (Å²) in [6.45, 7) is 5.78. The molecular formula is C14H20BrN. The molecule has 16 heavy (non-hydrogen) atoms. The molecule has 0 spiro atoms. The van der Waals surface area contributed by atoms with Gasteiger partial charge in [0.1, 0.15) is 0 Å². The minimum absolute atomic E-state index is 0.718. The predicted octanol–water partition coefficient (Wildman–Crippen LogP) is 4.21. The topological polar surface area (TPSA) is 3.24 Å². The molecule has 0 amide bonds. The maximum absolute atomic E-state index is 3.64. The predicted molar refractivity (Wildman–Crippen MR) is 72.5 cm³/mol. The first-order chi connectivity index (χ1) is 7.68. The van der Waals surface area contributed by atoms with Crippen LogP contribution in [0.2, 0.25) is 0 Å². The van der Waals surface area contributed by atoms with E-state index in [1.807, 2.05) is 0 Å². The molecule has 0 aromatic heterocycles. The Morgan fingerprint density at radius 3 is 2.44 bits per heavy atom. The Labute approximate surface area is 107 Å². The van der Waals surface area contributed by atoms with Crippen molar-refractivity contribution in [2.24, 2.45) is 0 Å². The quantitative estimate of drug-likeness (QED) is 0.785. The summed E-state index contributed by atoms with van der Waals surface area (Å²) in [6.07, 6.45) is 4.07. The standard InChI is InChI=1S/C14H20BrN/c1-11-6-5-7-12(2)16(11)10-13-8-3-4-9-14(13)15/h3-4,8-9,11-12H,5-7,10H2,1-2H3. The van der Waals surface area contributed by atoms with E-state index in [9.17, 15) is 0 Å². The lowest BCUT2D eigenvalue weighted by molar-refractivity contribution is 0.0950. The number of benzene rings is 1. The Bertz CT molecular complexity index is 340. The van der Waals surface area contributed by atoms with Crippen LogP contribution in [0.4, 0.5) is 0 Å². The Kier molecular flexibility index (Phi) is 4.04. The lowest BCUT2D eigenvalue weighted by Gasteiger charge is -2.39. The molecule has 0 aliphatic carbocycles. The van der Waals surface area contributed by atoms with E-state index in [4.69, 9.17) is 0 Å². The van der Waals surface area contributed by atoms with Gasteiger partial charge in [0.15, 0.2) is 0 Å². The fraction of sp³-hybridized carbons (Fsp3) is 0.571. The number of rotatable bonds is 2. The molecule has 1 aromatic carbocycles. The van der Waals surface area contributed by atoms with Crippen LogP contribution in [0.15, 0.2) is 28.7 Å². The summed E-state index contributed by atoms with van der Waals surface area (Å²) in [7, 11) is 0. The second-order valence-electron chi connectivity index (χ2n) is 4.89. The molecule has 2 heteroatoms. The van der Waals surface area contributed by atoms with Crippen LogP contribution in [0.5, 0.6) is 0 Å². The minimum atomic E-state index is 0.718. The highest BCUT2D eigenvalue weighted by atomic mass is 79.9. The fourth-order valence-electron chi connectivity index (χ4n) is 2.61. The third-order valence-electron chi connectivity index (χ3n) is 3.69. The Morgan fingerprint density at radius 1 is 1.19 bits per heavy atom. The van der Waals surface area contributed by atoms with Crippen LogP contribution in [-0.4, -0.2) is 17.0 Å². The maximum atomic E-state index is 3.64. The highest BCUT2D eigenvalue weighted by Gasteiger charge is 2.24. The van der Waals surface area contributed by atoms with Gasteiger partial charge in [-0.2, -0.15) is 0 Å². The van der Waals surface area contributed by atoms with Gasteiger partial charge in [-0.1, -0.05) is 40.5 Å². The third-order valence-corrected chi connectivity index (χ3v) is 4.46. The van der Waals surface area contributed by atoms with E-state index >= 15 is 0 Å². The molecule has 0 radical (unpaired) electrons. The van der Waals surface area contributed by atoms with Crippen LogP contribution >= 0.6 is 15.9 Å². The van der Waals surface area contributed by atoms with E-state index in [0.29, 0.717) is 0 Å². The maximum Gasteiger partial charge on any atom is 0.0250 e. The first-order valence-corrected chi connectivity index (χ1v) is 6.97. The smallest absolute Gasteiger partial charge is 0.0250 e. The van der Waals surface area contributed by atoms with E-state index < -0.39 is 0 Å². The molecule has 1 aromatic rings. The zero-order chi connectivity index (χ0) is 11.5. The molecule has 1 aliphatic heterocycles. The molecule has 88 valence electrons. The summed E-state index contributed by atoms with van der Waals surface area (Å²) < 4.78 is 1.24. The average molecular weight is 282 g/mol. The largest absolute Gasteiger partial charge is 0.294 e. The first kappa shape index (κ1) is 12.1. The SMILES string of the molecule is CC1CCCC(C)N1Cc1ccccc1Br. The van der Waals surface area contributed by atoms with E-state index in [1.54, 1.807) is 0 Å². The lowest BCUT2D eigenvalue weighted by Crippen LogP contribution is -2.43. The second kappa shape index (κ2) is 5.33. The number of nitrogens with zero attached hydrogens (tertiary/aromatic N) is 1. The van der Waals surface area contributed by atoms with Gasteiger partial charge in [-0.3, -0.25) is 4.90 Å². The summed E-state index contributed by atoms with van der Waals surface area (Å²) in [5, 5.41) is 0. The molecule has 1 saturated heterocycles. The average Bonchev–Trinajstić information content (AvgIpc) is 2.26. The van der Waals surface area contributed by atoms with Crippen LogP contribution in [0.1, 0.15) is 38.7 Å². The van der Waals surface area contributed by atoms with E-state index in [0.717, 1.165) is 18.6 Å². The molecule has 2 rings (SSSR count). The first-order valence-electron chi connectivity index (χ1n) is 6.17. The molecule has 0 saturated carbocycles. The van der Waals surface area contributed by atoms with Crippen molar-refractivity contribution in [1.29, 1.82) is 0 Å². The van der Waals surface area contributed by atoms with Gasteiger partial charge in [-0.15, -0.1) is 0 Å². The second-order valence-corrected chi connectivity index (χ2v) is 5.75. The molecule has 1 aliphatic rings. The van der Waals surface area contributed by atoms with Crippen LogP contribution < -0.4 is 0 Å². The molecular weight excluding hydrogens is 262 g/mol. The molecule has 1 nitrogen and oxygen atoms in total. The number of piperidine rings is 1. The van der Waals surface area contributed by atoms with Crippen LogP contribution in [0, 0.1) is 0 Å². The van der Waals surface area contributed by atoms with Crippen molar-refractivity contribution in [3.8, 4) is 0 Å². The third kappa shape index (κ3) is 2.67. The summed E-state index contributed by atoms with van der Waals surface area (Å²) in [5.74, 6) is 0. The van der Waals surface area contributed by atoms with Gasteiger partial charge in [0.05, 0.1) is 0 Å². The van der Waals surface area contributed by atoms with Gasteiger partial charge in [-0.25, -0.2) is 0 Å². The summed E-state index contributed by atoms with van der Waals surface area (Å²) in [6, 6.07) is 10.00. The molecule has 1 heterocycles. The molecule has 2 unspecified atom stereocenters. The lowest BCUT2D eigenvalue weighted by atomic mass is 9.97. The molecule has 1 fully saturated rings. The summed E-state index contributed by atoms with van der Waals surface area (Å²) in [5.41, 5.74) is 1.41. The number of hydrogen-bond donors (Lipinski definition) is 0. The normalized spacial score (nSPS) is 26.9. The van der Waals surface area contributed by atoms with Gasteiger partial charge >= 0.3 is 0 Å². The van der Waals surface area contributed by atoms with Crippen molar-refractivity contribution in [1.82, 2.24) is 4.90 Å². The van der Waals surface area contributed by atoms with E-state index in [1.165, 1.54) is 29.3 Å². The number of hydrogen-bond acceptors (Lipinski definition) is 1. The summed E-state index contributed by atoms with van der Waals surface area (Å²) >= 11 is 3.64. The monoisotopic (exact) mass is 281 g/mol. The summed E-state index contributed by atoms with van der Waals surface area (Å²) in [4.78, 5) is 2.63. The van der Waals surface area contributed by atoms with Crippen molar-refractivity contribution < 1.29 is 0 Å². The number of halogens is 1. The van der Waals surface area contributed by atoms with Gasteiger partial charge in [0.2, 0.25) is 0 Å². The van der Waals surface area contributed by atoms with Crippen molar-refractivity contribution in [3.05, 3.63) is 34.3 Å². The Morgan fingerprint density at radius 2 is 1.81 bits per heavy atom. The van der Waals surface area contributed by atoms with E-state index in [2.05, 4.69) is 58.9 Å². The van der Waals surface area contributed by atoms with E-state index in [-0.39, 0.29) is 0 Å². The molecule has 0 N–H and O–H groups in total. The van der Waals surface area contributed by atoms with Crippen LogP contribution in [0.25, 0.3) is 0 Å². The zero-order valence-electron chi connectivity index (χ0n) is 10.1. The number of likely N-dealkylation sites (tertiary alicyclic amines) is 1. The highest BCUT2D eigenvalue weighted by Crippen LogP contribution is 2.26. The van der Waals surface area contributed by atoms with Gasteiger partial charge < -0.3 is 0 Å². The van der Waals surface area contributed by atoms with Gasteiger partial charge in [-0.05, 0) is 38.3 Å². The Balaban J connectivity index is 2.11. The van der Waals surface area contributed by atoms with Crippen molar-refractivity contribution in [3.63, 3.8) is 0 Å². The zero-order valence-corrected chi connectivity index (χ0v) is 11.7. The van der Waals surface area contributed by atoms with Gasteiger partial charge in [0, 0.05) is 23.1 Å². The molecule has 0 bridgehead atoms. The minimum Gasteiger partial charge on any atom is -0.294 e. The fourth-order valence-corrected chi connectivity index (χ4v) is 3.02. The Hall–Kier alpha value is -0.340. The highest BCUT2D eigenvalue weighted by molar-refractivity contribution is 9.10. The van der Waals surface area contributed by atoms with Crippen molar-refractivity contribution in [2.45, 2.75) is 51.7 Å².